The average molecular weight is 1860 g/mol. The van der Waals surface area contributed by atoms with Crippen molar-refractivity contribution < 1.29 is 139 Å². The molecule has 14 atom stereocenters. The van der Waals surface area contributed by atoms with Crippen LogP contribution in [0.2, 0.25) is 0 Å². The number of thioether (sulfide) groups is 2. The number of carbonyl (C=O) groups is 17. The molecular weight excluding hydrogens is 1730 g/mol. The van der Waals surface area contributed by atoms with E-state index in [-0.39, 0.29) is 195 Å². The molecule has 714 valence electrons. The van der Waals surface area contributed by atoms with Crippen LogP contribution in [0.4, 0.5) is 5.69 Å². The fraction of sp³-hybridized carbons (Fsp3) is 0.698. The Morgan fingerprint density at radius 1 is 0.672 bits per heavy atom. The van der Waals surface area contributed by atoms with Gasteiger partial charge in [-0.25, -0.2) is 4.98 Å². The maximum absolute atomic E-state index is 14.8. The Hall–Kier alpha value is -8.50. The zero-order valence-electron chi connectivity index (χ0n) is 75.8. The number of ether oxygens (including phenoxy) is 11. The Balaban J connectivity index is 1.25. The fourth-order valence-corrected chi connectivity index (χ4v) is 17.8. The van der Waals surface area contributed by atoms with E-state index in [0.29, 0.717) is 21.8 Å². The van der Waals surface area contributed by atoms with Gasteiger partial charge in [-0.2, -0.15) is 0 Å². The van der Waals surface area contributed by atoms with Crippen LogP contribution in [-0.2, 0) is 131 Å². The number of carbonyl (C=O) groups excluding carboxylic acids is 17. The van der Waals surface area contributed by atoms with Crippen molar-refractivity contribution in [3.8, 4) is 5.75 Å². The number of benzene rings is 1. The smallest absolute Gasteiger partial charge is 0.314 e. The number of rotatable bonds is 36. The number of aliphatic hydroxyl groups is 1. The molecule has 42 heteroatoms. The molecule has 128 heavy (non-hydrogen) atoms. The summed E-state index contributed by atoms with van der Waals surface area (Å²) in [5.41, 5.74) is -0.701. The molecule has 2 aromatic rings. The number of aliphatic hydroxyl groups excluding tert-OH is 1. The van der Waals surface area contributed by atoms with E-state index in [1.165, 1.54) is 58.2 Å². The lowest BCUT2D eigenvalue weighted by Gasteiger charge is -2.38. The van der Waals surface area contributed by atoms with E-state index in [4.69, 9.17) is 57.5 Å². The zero-order chi connectivity index (χ0) is 94.6. The molecule has 3 saturated heterocycles. The summed E-state index contributed by atoms with van der Waals surface area (Å²) in [6, 6.07) is -3.23. The van der Waals surface area contributed by atoms with E-state index in [0.717, 1.165) is 34.9 Å². The van der Waals surface area contributed by atoms with Crippen molar-refractivity contribution in [3.63, 3.8) is 0 Å². The third-order valence-electron chi connectivity index (χ3n) is 22.6. The van der Waals surface area contributed by atoms with Gasteiger partial charge in [0.25, 0.3) is 5.91 Å². The van der Waals surface area contributed by atoms with E-state index in [1.807, 2.05) is 46.4 Å². The highest BCUT2D eigenvalue weighted by molar-refractivity contribution is 8.17. The Kier molecular flexibility index (Phi) is 46.0. The number of imide groups is 2. The standard InChI is InChI=1S/C86H128N10O29S3/c1-16-50(4)59(36-71(103)86(11,12)93(13)14)82(111)94(15)62(49(2)3)37-68(124-56(10)98)81-92-61(40-126-81)80(110)90-58(31-51(5)78(108)87-25-30-117-42-119-44-121-46-123-47-122-45-120-43-118-41-97)34-57-21-22-67-60(35-57)91-79(109)52(6)32-65(101)54(8)88-72(104)23-28-115-26-17-19-63(99)76-77(96-75(107)39-70(84(96)113)128-48-127-69-38-74(106)95(76)83(69)112)64(100)20-18-27-116-29-24-73(105)89-55(9)66(102)33-53(7)85(114)125-67/h21-22,35,40,49-55,58-59,62,68-70,76-77,97H,16-20,23-34,36-39,41-48H2,1-15H3,(H,87,108)(H,88,104)(H,89,105)(H,90,110)(H,91,109). The number of nitrogens with zero attached hydrogens (tertiary/aromatic N) is 5. The number of fused-ring (bicyclic) bond motifs is 8. The highest BCUT2D eigenvalue weighted by Gasteiger charge is 2.56. The average Bonchev–Trinajstić information content (AvgIpc) is 1.59. The summed E-state index contributed by atoms with van der Waals surface area (Å²) in [6.45, 7) is 17.4. The van der Waals surface area contributed by atoms with Crippen molar-refractivity contribution in [2.45, 2.75) is 238 Å². The number of nitrogens with one attached hydrogen (secondary N) is 5. The molecule has 4 aliphatic heterocycles. The lowest BCUT2D eigenvalue weighted by Crippen LogP contribution is -2.62. The van der Waals surface area contributed by atoms with Crippen LogP contribution in [-0.4, -0.2) is 295 Å². The topological polar surface area (TPSA) is 498 Å². The molecule has 6 rings (SSSR count). The normalized spacial score (nSPS) is 22.8. The van der Waals surface area contributed by atoms with Crippen LogP contribution in [0, 0.1) is 35.5 Å². The number of aromatic nitrogens is 1. The molecule has 0 spiro atoms. The number of anilines is 1. The van der Waals surface area contributed by atoms with Crippen molar-refractivity contribution in [1.82, 2.24) is 45.9 Å². The molecule has 5 heterocycles. The molecule has 4 aliphatic rings. The third kappa shape index (κ3) is 33.7. The highest BCUT2D eigenvalue weighted by Crippen LogP contribution is 2.40. The van der Waals surface area contributed by atoms with E-state index < -0.39 is 203 Å². The summed E-state index contributed by atoms with van der Waals surface area (Å²) in [5, 5.41) is 22.4. The first kappa shape index (κ1) is 108. The van der Waals surface area contributed by atoms with Crippen molar-refractivity contribution in [3.05, 3.63) is 39.8 Å². The van der Waals surface area contributed by atoms with Gasteiger partial charge in [0, 0.05) is 138 Å². The minimum absolute atomic E-state index is 0.00354. The molecule has 0 aliphatic carbocycles. The number of Topliss-reactive ketones (excluding diaryl/α,β-unsaturated/α-hetero) is 5. The Morgan fingerprint density at radius 3 is 1.70 bits per heavy atom. The van der Waals surface area contributed by atoms with Gasteiger partial charge in [0.05, 0.1) is 59.5 Å². The second-order valence-corrected chi connectivity index (χ2v) is 36.9. The minimum atomic E-state index is -1.87. The first-order valence-electron chi connectivity index (χ1n) is 43.0. The van der Waals surface area contributed by atoms with Gasteiger partial charge >= 0.3 is 11.9 Å². The number of esters is 2. The number of hydrogen-bond donors (Lipinski definition) is 6. The number of ketones is 5. The maximum Gasteiger partial charge on any atom is 0.314 e. The predicted molar refractivity (Wildman–Crippen MR) is 464 cm³/mol. The highest BCUT2D eigenvalue weighted by atomic mass is 32.2. The number of thiazole rings is 1. The van der Waals surface area contributed by atoms with E-state index >= 15 is 0 Å². The van der Waals surface area contributed by atoms with Crippen molar-refractivity contribution in [2.75, 3.05) is 119 Å². The fourth-order valence-electron chi connectivity index (χ4n) is 14.3. The van der Waals surface area contributed by atoms with Crippen LogP contribution in [0.5, 0.6) is 5.75 Å². The van der Waals surface area contributed by atoms with Crippen molar-refractivity contribution >= 4 is 140 Å². The Morgan fingerprint density at radius 2 is 1.20 bits per heavy atom. The van der Waals surface area contributed by atoms with Crippen LogP contribution in [0.3, 0.4) is 0 Å². The molecule has 0 saturated carbocycles. The predicted octanol–water partition coefficient (Wildman–Crippen LogP) is 4.88. The van der Waals surface area contributed by atoms with Crippen LogP contribution in [0.25, 0.3) is 0 Å². The van der Waals surface area contributed by atoms with Gasteiger partial charge in [-0.1, -0.05) is 61.0 Å². The van der Waals surface area contributed by atoms with Gasteiger partial charge in [-0.15, -0.1) is 34.9 Å². The second-order valence-electron chi connectivity index (χ2n) is 33.3. The lowest BCUT2D eigenvalue weighted by molar-refractivity contribution is -0.219. The number of hydrogen-bond acceptors (Lipinski definition) is 34. The van der Waals surface area contributed by atoms with Gasteiger partial charge in [0.1, 0.15) is 36.4 Å². The summed E-state index contributed by atoms with van der Waals surface area (Å²) in [6.07, 6.45) is -3.53. The van der Waals surface area contributed by atoms with Crippen LogP contribution in [0.15, 0.2) is 23.6 Å². The molecule has 1 aromatic heterocycles. The quantitative estimate of drug-likeness (QED) is 0.0174. The minimum Gasteiger partial charge on any atom is -0.455 e. The molecule has 14 unspecified atom stereocenters. The molecular formula is C86H128N10O29S3. The molecule has 1 aromatic carbocycles. The summed E-state index contributed by atoms with van der Waals surface area (Å²) in [5.74, 6) is -15.4. The number of amides is 10. The van der Waals surface area contributed by atoms with Crippen LogP contribution >= 0.6 is 34.9 Å². The zero-order valence-corrected chi connectivity index (χ0v) is 78.3. The first-order chi connectivity index (χ1) is 60.7. The van der Waals surface area contributed by atoms with Gasteiger partial charge in [-0.05, 0) is 97.0 Å². The molecule has 10 amide bonds. The summed E-state index contributed by atoms with van der Waals surface area (Å²) in [4.78, 5) is 247. The largest absolute Gasteiger partial charge is 0.455 e. The third-order valence-corrected chi connectivity index (χ3v) is 26.2. The SMILES string of the molecule is CCC(C)C(CC(=O)C(C)(C)N(C)C)C(=O)N(C)C(CC(OC(C)=O)c1nc(C(=O)NC(Cc2ccc3c(c2)NC(=O)C(C)CC(=O)C(C)NC(=O)CCOCCCC(=O)C2C(C(=O)CCCOCCC(=O)NC(C)C(=O)CC(C)C(=O)O3)N3C(=O)CC(SCSC4CC(=O)N2C4=O)C3=O)CC(C)C(=O)NCCOCOCOCOCOCOCOCO)cs1)C(C)C. The van der Waals surface area contributed by atoms with Gasteiger partial charge in [-0.3, -0.25) is 96.2 Å². The van der Waals surface area contributed by atoms with Crippen LogP contribution < -0.4 is 31.3 Å². The Labute approximate surface area is 758 Å². The van der Waals surface area contributed by atoms with Gasteiger partial charge in [0.15, 0.2) is 74.7 Å². The molecule has 39 nitrogen and oxygen atoms in total. The molecule has 4 bridgehead atoms. The lowest BCUT2D eigenvalue weighted by atomic mass is 9.81. The number of likely N-dealkylation sites (N-methyl/N-ethyl adjacent to an activating group) is 1. The van der Waals surface area contributed by atoms with E-state index in [1.54, 1.807) is 33.0 Å². The molecule has 3 fully saturated rings. The second kappa shape index (κ2) is 54.3. The maximum atomic E-state index is 14.8. The molecule has 6 N–H and O–H groups in total. The van der Waals surface area contributed by atoms with Crippen molar-refractivity contribution in [2.24, 2.45) is 35.5 Å². The summed E-state index contributed by atoms with van der Waals surface area (Å²) < 4.78 is 59.1. The Bertz CT molecular complexity index is 4150. The van der Waals surface area contributed by atoms with Crippen LogP contribution in [0.1, 0.15) is 200 Å². The van der Waals surface area contributed by atoms with E-state index in [2.05, 4.69) is 31.3 Å². The summed E-state index contributed by atoms with van der Waals surface area (Å²) >= 11 is 3.22. The molecule has 0 radical (unpaired) electrons. The van der Waals surface area contributed by atoms with Crippen molar-refractivity contribution in [1.29, 1.82) is 0 Å². The van der Waals surface area contributed by atoms with Gasteiger partial charge < -0.3 is 88.7 Å². The summed E-state index contributed by atoms with van der Waals surface area (Å²) in [7, 11) is 5.26. The first-order valence-corrected chi connectivity index (χ1v) is 46.0. The monoisotopic (exact) mass is 1860 g/mol. The van der Waals surface area contributed by atoms with E-state index in [9.17, 15) is 81.5 Å². The van der Waals surface area contributed by atoms with Gasteiger partial charge in [0.2, 0.25) is 53.2 Å².